The van der Waals surface area contributed by atoms with E-state index in [9.17, 15) is 8.42 Å². The van der Waals surface area contributed by atoms with E-state index in [1.165, 1.54) is 7.11 Å². The molecular weight excluding hydrogens is 354 g/mol. The summed E-state index contributed by atoms with van der Waals surface area (Å²) < 4.78 is 33.5. The number of nitrogens with zero attached hydrogens (tertiary/aromatic N) is 1. The summed E-state index contributed by atoms with van der Waals surface area (Å²) in [5.74, 6) is 1.32. The highest BCUT2D eigenvalue weighted by molar-refractivity contribution is 9.10. The zero-order chi connectivity index (χ0) is 15.8. The smallest absolute Gasteiger partial charge is 0.243 e. The Morgan fingerprint density at radius 2 is 1.81 bits per heavy atom. The number of ether oxygens (including phenoxy) is 1. The Morgan fingerprint density at radius 1 is 1.24 bits per heavy atom. The predicted octanol–water partition coefficient (Wildman–Crippen LogP) is 3.43. The molecule has 0 spiro atoms. The van der Waals surface area contributed by atoms with Gasteiger partial charge in [-0.2, -0.15) is 4.31 Å². The van der Waals surface area contributed by atoms with Gasteiger partial charge in [0.15, 0.2) is 0 Å². The Bertz CT molecular complexity index is 620. The van der Waals surface area contributed by atoms with Crippen molar-refractivity contribution in [1.82, 2.24) is 4.31 Å². The second kappa shape index (κ2) is 6.26. The predicted molar refractivity (Wildman–Crippen MR) is 87.1 cm³/mol. The minimum absolute atomic E-state index is 0.337. The standard InChI is InChI=1S/C15H22BrNO3S/c1-10-5-11(2)9-17(8-10)21(18,19)15-7-14(20-4)13(16)6-12(15)3/h6-7,10-11H,5,8-9H2,1-4H3/t10-,11-/m1/s1. The van der Waals surface area contributed by atoms with Gasteiger partial charge in [0.1, 0.15) is 5.75 Å². The lowest BCUT2D eigenvalue weighted by Gasteiger charge is -2.34. The molecule has 0 radical (unpaired) electrons. The Morgan fingerprint density at radius 3 is 2.33 bits per heavy atom. The van der Waals surface area contributed by atoms with E-state index in [1.54, 1.807) is 16.4 Å². The van der Waals surface area contributed by atoms with Crippen molar-refractivity contribution in [2.45, 2.75) is 32.1 Å². The molecule has 1 heterocycles. The topological polar surface area (TPSA) is 46.6 Å². The van der Waals surface area contributed by atoms with Crippen molar-refractivity contribution in [2.24, 2.45) is 11.8 Å². The summed E-state index contributed by atoms with van der Waals surface area (Å²) in [5.41, 5.74) is 0.730. The molecule has 21 heavy (non-hydrogen) atoms. The third-order valence-electron chi connectivity index (χ3n) is 3.90. The van der Waals surface area contributed by atoms with Gasteiger partial charge in [-0.15, -0.1) is 0 Å². The molecule has 0 saturated carbocycles. The van der Waals surface area contributed by atoms with E-state index in [-0.39, 0.29) is 0 Å². The lowest BCUT2D eigenvalue weighted by Crippen LogP contribution is -2.42. The van der Waals surface area contributed by atoms with Crippen LogP contribution in [0.15, 0.2) is 21.5 Å². The second-order valence-electron chi connectivity index (χ2n) is 6.02. The highest BCUT2D eigenvalue weighted by Gasteiger charge is 2.33. The largest absolute Gasteiger partial charge is 0.496 e. The lowest BCUT2D eigenvalue weighted by atomic mass is 9.94. The molecule has 1 aliphatic heterocycles. The Hall–Kier alpha value is -0.590. The van der Waals surface area contributed by atoms with Crippen LogP contribution in [0.3, 0.4) is 0 Å². The molecule has 1 fully saturated rings. The third kappa shape index (κ3) is 3.43. The molecule has 0 bridgehead atoms. The fraction of sp³-hybridized carbons (Fsp3) is 0.600. The van der Waals surface area contributed by atoms with Crippen LogP contribution in [0.25, 0.3) is 0 Å². The molecule has 0 amide bonds. The third-order valence-corrected chi connectivity index (χ3v) is 6.50. The number of rotatable bonds is 3. The highest BCUT2D eigenvalue weighted by Crippen LogP contribution is 2.33. The molecule has 0 N–H and O–H groups in total. The van der Waals surface area contributed by atoms with Gasteiger partial charge in [0, 0.05) is 19.2 Å². The van der Waals surface area contributed by atoms with Gasteiger partial charge in [-0.1, -0.05) is 13.8 Å². The van der Waals surface area contributed by atoms with E-state index in [0.717, 1.165) is 16.5 Å². The Kier molecular flexibility index (Phi) is 5.00. The fourth-order valence-corrected chi connectivity index (χ4v) is 5.53. The molecule has 4 nitrogen and oxygen atoms in total. The average molecular weight is 376 g/mol. The van der Waals surface area contributed by atoms with E-state index in [4.69, 9.17) is 4.74 Å². The van der Waals surface area contributed by atoms with Crippen molar-refractivity contribution < 1.29 is 13.2 Å². The molecule has 0 aliphatic carbocycles. The number of hydrogen-bond donors (Lipinski definition) is 0. The normalized spacial score (nSPS) is 24.0. The summed E-state index contributed by atoms with van der Waals surface area (Å²) >= 11 is 3.39. The van der Waals surface area contributed by atoms with Crippen molar-refractivity contribution in [3.05, 3.63) is 22.2 Å². The first-order valence-electron chi connectivity index (χ1n) is 7.10. The summed E-state index contributed by atoms with van der Waals surface area (Å²) in [6.45, 7) is 7.20. The van der Waals surface area contributed by atoms with Crippen molar-refractivity contribution in [2.75, 3.05) is 20.2 Å². The molecule has 1 aromatic rings. The van der Waals surface area contributed by atoms with E-state index < -0.39 is 10.0 Å². The quantitative estimate of drug-likeness (QED) is 0.812. The molecule has 1 saturated heterocycles. The number of piperidine rings is 1. The van der Waals surface area contributed by atoms with Gasteiger partial charge in [-0.3, -0.25) is 0 Å². The van der Waals surface area contributed by atoms with E-state index in [0.29, 0.717) is 35.6 Å². The van der Waals surface area contributed by atoms with Gasteiger partial charge in [0.25, 0.3) is 0 Å². The average Bonchev–Trinajstić information content (AvgIpc) is 2.37. The maximum atomic E-state index is 12.9. The summed E-state index contributed by atoms with van der Waals surface area (Å²) in [7, 11) is -1.94. The van der Waals surface area contributed by atoms with Crippen molar-refractivity contribution in [1.29, 1.82) is 0 Å². The van der Waals surface area contributed by atoms with Crippen molar-refractivity contribution in [3.63, 3.8) is 0 Å². The Balaban J connectivity index is 2.44. The van der Waals surface area contributed by atoms with Gasteiger partial charge in [0.05, 0.1) is 16.5 Å². The van der Waals surface area contributed by atoms with Gasteiger partial charge in [-0.25, -0.2) is 8.42 Å². The second-order valence-corrected chi connectivity index (χ2v) is 8.78. The maximum absolute atomic E-state index is 12.9. The van der Waals surface area contributed by atoms with Crippen LogP contribution < -0.4 is 4.74 Å². The first-order valence-corrected chi connectivity index (χ1v) is 9.33. The zero-order valence-electron chi connectivity index (χ0n) is 12.9. The summed E-state index contributed by atoms with van der Waals surface area (Å²) in [4.78, 5) is 0.337. The molecule has 0 aromatic heterocycles. The van der Waals surface area contributed by atoms with E-state index >= 15 is 0 Å². The number of methoxy groups -OCH3 is 1. The van der Waals surface area contributed by atoms with Crippen LogP contribution >= 0.6 is 15.9 Å². The molecular formula is C15H22BrNO3S. The number of hydrogen-bond acceptors (Lipinski definition) is 3. The van der Waals surface area contributed by atoms with Crippen LogP contribution in [0, 0.1) is 18.8 Å². The first kappa shape index (κ1) is 16.8. The van der Waals surface area contributed by atoms with E-state index in [2.05, 4.69) is 29.8 Å². The molecule has 2 atom stereocenters. The fourth-order valence-electron chi connectivity index (χ4n) is 3.01. The van der Waals surface area contributed by atoms with Gasteiger partial charge in [-0.05, 0) is 52.7 Å². The van der Waals surface area contributed by atoms with Crippen LogP contribution in [0.2, 0.25) is 0 Å². The molecule has 1 aliphatic rings. The number of aryl methyl sites for hydroxylation is 1. The maximum Gasteiger partial charge on any atom is 0.243 e. The van der Waals surface area contributed by atoms with Gasteiger partial charge < -0.3 is 4.74 Å². The lowest BCUT2D eigenvalue weighted by molar-refractivity contribution is 0.222. The summed E-state index contributed by atoms with van der Waals surface area (Å²) in [6.07, 6.45) is 1.08. The van der Waals surface area contributed by atoms with Crippen molar-refractivity contribution in [3.8, 4) is 5.75 Å². The first-order chi connectivity index (χ1) is 9.75. The Labute approximate surface area is 135 Å². The summed E-state index contributed by atoms with van der Waals surface area (Å²) in [6, 6.07) is 3.40. The number of benzene rings is 1. The molecule has 6 heteroatoms. The monoisotopic (exact) mass is 375 g/mol. The minimum Gasteiger partial charge on any atom is -0.496 e. The summed E-state index contributed by atoms with van der Waals surface area (Å²) in [5, 5.41) is 0. The zero-order valence-corrected chi connectivity index (χ0v) is 15.3. The van der Waals surface area contributed by atoms with Crippen LogP contribution in [-0.2, 0) is 10.0 Å². The molecule has 0 unspecified atom stereocenters. The number of halogens is 1. The van der Waals surface area contributed by atoms with Crippen molar-refractivity contribution >= 4 is 26.0 Å². The number of sulfonamides is 1. The van der Waals surface area contributed by atoms with Gasteiger partial charge in [0.2, 0.25) is 10.0 Å². The molecule has 1 aromatic carbocycles. The SMILES string of the molecule is COc1cc(S(=O)(=O)N2C[C@H](C)C[C@@H](C)C2)c(C)cc1Br. The van der Waals surface area contributed by atoms with Crippen LogP contribution in [0.5, 0.6) is 5.75 Å². The van der Waals surface area contributed by atoms with Crippen LogP contribution in [0.1, 0.15) is 25.8 Å². The van der Waals surface area contributed by atoms with Crippen LogP contribution in [-0.4, -0.2) is 32.9 Å². The molecule has 2 rings (SSSR count). The minimum atomic E-state index is -3.48. The van der Waals surface area contributed by atoms with Crippen LogP contribution in [0.4, 0.5) is 0 Å². The highest BCUT2D eigenvalue weighted by atomic mass is 79.9. The van der Waals surface area contributed by atoms with Gasteiger partial charge >= 0.3 is 0 Å². The molecule has 118 valence electrons. The van der Waals surface area contributed by atoms with E-state index in [1.807, 2.05) is 6.92 Å².